The zero-order valence-corrected chi connectivity index (χ0v) is 16.2. The molecular weight excluding hydrogens is 437 g/mol. The Kier molecular flexibility index (Phi) is 5.44. The lowest BCUT2D eigenvalue weighted by atomic mass is 9.78. The van der Waals surface area contributed by atoms with Crippen molar-refractivity contribution < 1.29 is 35.9 Å². The average Bonchev–Trinajstić information content (AvgIpc) is 2.92. The Labute approximate surface area is 155 Å². The summed E-state index contributed by atoms with van der Waals surface area (Å²) < 4.78 is 84.7. The molecule has 0 heterocycles. The fourth-order valence-electron chi connectivity index (χ4n) is 4.29. The summed E-state index contributed by atoms with van der Waals surface area (Å²) in [5.41, 5.74) is -4.60. The number of fused-ring (bicyclic) bond motifs is 2. The van der Waals surface area contributed by atoms with E-state index >= 15 is 0 Å². The molecule has 2 saturated carbocycles. The Morgan fingerprint density at radius 2 is 1.68 bits per heavy atom. The molecule has 2 nitrogen and oxygen atoms in total. The second-order valence-electron chi connectivity index (χ2n) is 6.82. The van der Waals surface area contributed by atoms with E-state index < -0.39 is 47.3 Å². The van der Waals surface area contributed by atoms with Crippen LogP contribution in [0.4, 0.5) is 26.3 Å². The first-order valence-corrected chi connectivity index (χ1v) is 12.5. The Morgan fingerprint density at radius 1 is 1.16 bits per heavy atom. The van der Waals surface area contributed by atoms with Gasteiger partial charge in [0, 0.05) is 18.4 Å². The van der Waals surface area contributed by atoms with E-state index in [1.54, 1.807) is 0 Å². The van der Waals surface area contributed by atoms with Crippen LogP contribution in [-0.2, 0) is 9.53 Å². The van der Waals surface area contributed by atoms with Crippen LogP contribution in [0.1, 0.15) is 39.0 Å². The van der Waals surface area contributed by atoms with E-state index in [0.717, 1.165) is 0 Å². The number of rotatable bonds is 4. The summed E-state index contributed by atoms with van der Waals surface area (Å²) in [6.07, 6.45) is -11.9. The van der Waals surface area contributed by atoms with Crippen molar-refractivity contribution >= 4 is 45.2 Å². The van der Waals surface area contributed by atoms with Gasteiger partial charge in [-0.05, 0) is 31.1 Å². The van der Waals surface area contributed by atoms with Gasteiger partial charge >= 0.3 is 29.9 Å². The topological polar surface area (TPSA) is 26.3 Å². The van der Waals surface area contributed by atoms with Crippen molar-refractivity contribution in [1.82, 2.24) is 0 Å². The highest BCUT2D eigenvalue weighted by atomic mass is 35.8. The van der Waals surface area contributed by atoms with E-state index in [4.69, 9.17) is 33.2 Å². The first-order valence-electron chi connectivity index (χ1n) is 7.45. The van der Waals surface area contributed by atoms with Crippen LogP contribution in [0.25, 0.3) is 0 Å². The van der Waals surface area contributed by atoms with Crippen LogP contribution < -0.4 is 0 Å². The minimum Gasteiger partial charge on any atom is -0.440 e. The van der Waals surface area contributed by atoms with Crippen LogP contribution in [0.3, 0.4) is 0 Å². The average molecular weight is 452 g/mol. The van der Waals surface area contributed by atoms with E-state index in [-0.39, 0.29) is 18.8 Å². The molecule has 0 saturated heterocycles. The monoisotopic (exact) mass is 450 g/mol. The predicted molar refractivity (Wildman–Crippen MR) is 82.7 cm³/mol. The summed E-state index contributed by atoms with van der Waals surface area (Å²) >= 11 is 18.2. The molecule has 0 spiro atoms. The van der Waals surface area contributed by atoms with Crippen LogP contribution in [0.5, 0.6) is 0 Å². The van der Waals surface area contributed by atoms with Crippen molar-refractivity contribution in [2.45, 2.75) is 62.0 Å². The molecule has 2 aliphatic rings. The van der Waals surface area contributed by atoms with Gasteiger partial charge in [-0.25, -0.2) is 0 Å². The van der Waals surface area contributed by atoms with E-state index in [9.17, 15) is 31.1 Å². The second kappa shape index (κ2) is 6.34. The molecular formula is C13H15Cl3F6O2Si. The second-order valence-corrected chi connectivity index (χ2v) is 15.7. The minimum atomic E-state index is -5.84. The van der Waals surface area contributed by atoms with Gasteiger partial charge in [-0.1, -0.05) is 6.42 Å². The highest BCUT2D eigenvalue weighted by Crippen LogP contribution is 2.72. The number of alkyl halides is 6. The van der Waals surface area contributed by atoms with Gasteiger partial charge < -0.3 is 4.74 Å². The predicted octanol–water partition coefficient (Wildman–Crippen LogP) is 6.02. The van der Waals surface area contributed by atoms with Crippen molar-refractivity contribution in [3.63, 3.8) is 0 Å². The van der Waals surface area contributed by atoms with Crippen molar-refractivity contribution in [3.05, 3.63) is 0 Å². The molecule has 25 heavy (non-hydrogen) atoms. The molecule has 3 atom stereocenters. The number of carbonyl (C=O) groups excluding carboxylic acids is 1. The van der Waals surface area contributed by atoms with E-state index in [2.05, 4.69) is 4.74 Å². The molecule has 3 unspecified atom stereocenters. The number of halogens is 9. The Balaban J connectivity index is 2.49. The smallest absolute Gasteiger partial charge is 0.437 e. The zero-order valence-electron chi connectivity index (χ0n) is 12.9. The Bertz CT molecular complexity index is 533. The van der Waals surface area contributed by atoms with Gasteiger partial charge in [0.05, 0.1) is 0 Å². The van der Waals surface area contributed by atoms with Crippen molar-refractivity contribution in [3.8, 4) is 0 Å². The van der Waals surface area contributed by atoms with Crippen molar-refractivity contribution in [1.29, 1.82) is 0 Å². The summed E-state index contributed by atoms with van der Waals surface area (Å²) in [5.74, 6) is -2.88. The molecule has 2 bridgehead atoms. The van der Waals surface area contributed by atoms with Crippen LogP contribution in [0.2, 0.25) is 5.04 Å². The van der Waals surface area contributed by atoms with Gasteiger partial charge in [0.1, 0.15) is 0 Å². The Hall–Kier alpha value is 0.137. The standard InChI is InChI=1S/C13H15Cl3F6O2Si/c1-7(23)24-11(12(17,18)19,13(20,21)22)6-9-4-8-2-3-10(9,5-8)25(14,15)16/h8-9H,2-6H2,1H3. The number of hydrogen-bond acceptors (Lipinski definition) is 2. The maximum absolute atomic E-state index is 13.5. The summed E-state index contributed by atoms with van der Waals surface area (Å²) in [4.78, 5) is 11.1. The van der Waals surface area contributed by atoms with Gasteiger partial charge in [-0.2, -0.15) is 26.3 Å². The SMILES string of the molecule is CC(=O)OC(CC1CC2CCC1([Si](Cl)(Cl)Cl)C2)(C(F)(F)F)C(F)(F)F. The highest BCUT2D eigenvalue weighted by Gasteiger charge is 2.76. The van der Waals surface area contributed by atoms with Crippen LogP contribution in [-0.4, -0.2) is 29.9 Å². The zero-order chi connectivity index (χ0) is 19.5. The number of ether oxygens (including phenoxy) is 1. The fraction of sp³-hybridized carbons (Fsp3) is 0.923. The maximum atomic E-state index is 13.5. The molecule has 2 fully saturated rings. The third-order valence-electron chi connectivity index (χ3n) is 5.38. The molecule has 0 aliphatic heterocycles. The lowest BCUT2D eigenvalue weighted by molar-refractivity contribution is -0.374. The third kappa shape index (κ3) is 3.50. The molecule has 146 valence electrons. The highest BCUT2D eigenvalue weighted by molar-refractivity contribution is 7.65. The fourth-order valence-corrected chi connectivity index (χ4v) is 8.85. The number of esters is 1. The number of hydrogen-bond donors (Lipinski definition) is 0. The van der Waals surface area contributed by atoms with E-state index in [1.807, 2.05) is 0 Å². The first-order chi connectivity index (χ1) is 11.1. The largest absolute Gasteiger partial charge is 0.440 e. The molecule has 0 aromatic heterocycles. The van der Waals surface area contributed by atoms with Gasteiger partial charge in [-0.3, -0.25) is 4.79 Å². The normalized spacial score (nSPS) is 30.6. The minimum absolute atomic E-state index is 0.0791. The van der Waals surface area contributed by atoms with Crippen LogP contribution in [0, 0.1) is 11.8 Å². The van der Waals surface area contributed by atoms with Crippen molar-refractivity contribution in [2.75, 3.05) is 0 Å². The maximum Gasteiger partial charge on any atom is 0.437 e. The molecule has 2 rings (SSSR count). The lowest BCUT2D eigenvalue weighted by Gasteiger charge is -2.44. The molecule has 0 aromatic rings. The molecule has 0 aromatic carbocycles. The number of carbonyl (C=O) groups is 1. The lowest BCUT2D eigenvalue weighted by Crippen LogP contribution is -2.61. The molecule has 2 aliphatic carbocycles. The summed E-state index contributed by atoms with van der Waals surface area (Å²) in [6.45, 7) is 0.506. The molecule has 0 radical (unpaired) electrons. The van der Waals surface area contributed by atoms with E-state index in [1.165, 1.54) is 0 Å². The van der Waals surface area contributed by atoms with Gasteiger partial charge in [0.25, 0.3) is 0 Å². The third-order valence-corrected chi connectivity index (χ3v) is 10.8. The van der Waals surface area contributed by atoms with Gasteiger partial charge in [0.15, 0.2) is 0 Å². The summed E-state index contributed by atoms with van der Waals surface area (Å²) in [7, 11) is 0. The van der Waals surface area contributed by atoms with Gasteiger partial charge in [0.2, 0.25) is 0 Å². The van der Waals surface area contributed by atoms with Gasteiger partial charge in [-0.15, -0.1) is 33.2 Å². The first kappa shape index (κ1) is 21.4. The quantitative estimate of drug-likeness (QED) is 0.226. The van der Waals surface area contributed by atoms with Crippen LogP contribution >= 0.6 is 33.2 Å². The Morgan fingerprint density at radius 3 is 2.04 bits per heavy atom. The molecule has 0 amide bonds. The van der Waals surface area contributed by atoms with E-state index in [0.29, 0.717) is 19.8 Å². The molecule has 12 heteroatoms. The molecule has 0 N–H and O–H groups in total. The summed E-state index contributed by atoms with van der Waals surface area (Å²) in [5, 5.41) is -1.16. The van der Waals surface area contributed by atoms with Crippen LogP contribution in [0.15, 0.2) is 0 Å². The van der Waals surface area contributed by atoms with Crippen molar-refractivity contribution in [2.24, 2.45) is 11.8 Å². The summed E-state index contributed by atoms with van der Waals surface area (Å²) in [6, 6.07) is -3.61.